The van der Waals surface area contributed by atoms with E-state index in [1.54, 1.807) is 13.0 Å². The van der Waals surface area contributed by atoms with Crippen LogP contribution in [0.4, 0.5) is 0 Å². The van der Waals surface area contributed by atoms with Crippen molar-refractivity contribution in [2.45, 2.75) is 19.8 Å². The number of aromatic nitrogens is 2. The first kappa shape index (κ1) is 9.64. The SMILES string of the molecule is COC(=O)C(C)c1cc(C)ncn1. The Balaban J connectivity index is 2.88. The third-order valence-corrected chi connectivity index (χ3v) is 1.82. The molecule has 0 amide bonds. The summed E-state index contributed by atoms with van der Waals surface area (Å²) in [6, 6.07) is 1.78. The van der Waals surface area contributed by atoms with Crippen LogP contribution in [0.15, 0.2) is 12.4 Å². The molecule has 1 atom stereocenters. The van der Waals surface area contributed by atoms with Gasteiger partial charge in [0.25, 0.3) is 0 Å². The highest BCUT2D eigenvalue weighted by molar-refractivity contribution is 5.76. The van der Waals surface area contributed by atoms with Gasteiger partial charge in [-0.25, -0.2) is 9.97 Å². The van der Waals surface area contributed by atoms with Crippen LogP contribution in [0.3, 0.4) is 0 Å². The summed E-state index contributed by atoms with van der Waals surface area (Å²) >= 11 is 0. The van der Waals surface area contributed by atoms with Crippen molar-refractivity contribution in [2.75, 3.05) is 7.11 Å². The lowest BCUT2D eigenvalue weighted by Crippen LogP contribution is -2.12. The van der Waals surface area contributed by atoms with E-state index in [0.717, 1.165) is 5.69 Å². The highest BCUT2D eigenvalue weighted by Crippen LogP contribution is 2.13. The third-order valence-electron chi connectivity index (χ3n) is 1.82. The number of rotatable bonds is 2. The van der Waals surface area contributed by atoms with Gasteiger partial charge in [0, 0.05) is 5.69 Å². The Hall–Kier alpha value is -1.45. The summed E-state index contributed by atoms with van der Waals surface area (Å²) in [4.78, 5) is 19.1. The Morgan fingerprint density at radius 3 is 2.77 bits per heavy atom. The van der Waals surface area contributed by atoms with Gasteiger partial charge in [0.05, 0.1) is 18.7 Å². The van der Waals surface area contributed by atoms with Gasteiger partial charge in [-0.1, -0.05) is 0 Å². The summed E-state index contributed by atoms with van der Waals surface area (Å²) in [5, 5.41) is 0. The second kappa shape index (κ2) is 3.98. The van der Waals surface area contributed by atoms with Crippen molar-refractivity contribution in [1.82, 2.24) is 9.97 Å². The van der Waals surface area contributed by atoms with Crippen molar-refractivity contribution in [2.24, 2.45) is 0 Å². The van der Waals surface area contributed by atoms with Gasteiger partial charge in [0.1, 0.15) is 6.33 Å². The van der Waals surface area contributed by atoms with Gasteiger partial charge < -0.3 is 4.74 Å². The Labute approximate surface area is 77.0 Å². The zero-order chi connectivity index (χ0) is 9.84. The van der Waals surface area contributed by atoms with Crippen LogP contribution in [-0.2, 0) is 9.53 Å². The minimum Gasteiger partial charge on any atom is -0.469 e. The summed E-state index contributed by atoms with van der Waals surface area (Å²) in [5.74, 6) is -0.607. The van der Waals surface area contributed by atoms with E-state index in [1.165, 1.54) is 13.4 Å². The van der Waals surface area contributed by atoms with E-state index < -0.39 is 0 Å². The number of carbonyl (C=O) groups is 1. The van der Waals surface area contributed by atoms with Crippen molar-refractivity contribution < 1.29 is 9.53 Å². The Morgan fingerprint density at radius 2 is 2.23 bits per heavy atom. The molecule has 0 aliphatic carbocycles. The van der Waals surface area contributed by atoms with E-state index in [-0.39, 0.29) is 11.9 Å². The highest BCUT2D eigenvalue weighted by Gasteiger charge is 2.16. The van der Waals surface area contributed by atoms with E-state index in [4.69, 9.17) is 0 Å². The van der Waals surface area contributed by atoms with Crippen molar-refractivity contribution in [3.8, 4) is 0 Å². The molecule has 0 radical (unpaired) electrons. The molecule has 13 heavy (non-hydrogen) atoms. The average molecular weight is 180 g/mol. The standard InChI is InChI=1S/C9H12N2O2/c1-6-4-8(11-5-10-6)7(2)9(12)13-3/h4-5,7H,1-3H3. The number of aryl methyl sites for hydroxylation is 1. The fraction of sp³-hybridized carbons (Fsp3) is 0.444. The van der Waals surface area contributed by atoms with Gasteiger partial charge in [0.15, 0.2) is 0 Å². The van der Waals surface area contributed by atoms with Crippen molar-refractivity contribution in [3.05, 3.63) is 23.8 Å². The van der Waals surface area contributed by atoms with E-state index in [0.29, 0.717) is 5.69 Å². The first-order valence-corrected chi connectivity index (χ1v) is 4.01. The molecule has 0 N–H and O–H groups in total. The molecule has 1 rings (SSSR count). The first-order chi connectivity index (χ1) is 6.15. The van der Waals surface area contributed by atoms with E-state index in [2.05, 4.69) is 14.7 Å². The molecule has 0 spiro atoms. The lowest BCUT2D eigenvalue weighted by Gasteiger charge is -2.07. The molecule has 0 fully saturated rings. The number of ether oxygens (including phenoxy) is 1. The van der Waals surface area contributed by atoms with Crippen molar-refractivity contribution in [3.63, 3.8) is 0 Å². The summed E-state index contributed by atoms with van der Waals surface area (Å²) in [7, 11) is 1.37. The number of carbonyl (C=O) groups excluding carboxylic acids is 1. The van der Waals surface area contributed by atoms with Gasteiger partial charge in [-0.2, -0.15) is 0 Å². The van der Waals surface area contributed by atoms with Gasteiger partial charge in [0.2, 0.25) is 0 Å². The van der Waals surface area contributed by atoms with Crippen LogP contribution < -0.4 is 0 Å². The van der Waals surface area contributed by atoms with Gasteiger partial charge in [-0.05, 0) is 19.9 Å². The number of nitrogens with zero attached hydrogens (tertiary/aromatic N) is 2. The quantitative estimate of drug-likeness (QED) is 0.638. The lowest BCUT2D eigenvalue weighted by atomic mass is 10.1. The molecular formula is C9H12N2O2. The summed E-state index contributed by atoms with van der Waals surface area (Å²) < 4.78 is 4.61. The molecule has 4 nitrogen and oxygen atoms in total. The topological polar surface area (TPSA) is 52.1 Å². The van der Waals surface area contributed by atoms with Crippen LogP contribution in [0.5, 0.6) is 0 Å². The van der Waals surface area contributed by atoms with Crippen molar-refractivity contribution >= 4 is 5.97 Å². The zero-order valence-electron chi connectivity index (χ0n) is 7.94. The van der Waals surface area contributed by atoms with Crippen LogP contribution in [0.25, 0.3) is 0 Å². The van der Waals surface area contributed by atoms with Crippen LogP contribution in [0.1, 0.15) is 24.2 Å². The first-order valence-electron chi connectivity index (χ1n) is 4.01. The maximum absolute atomic E-state index is 11.1. The number of hydrogen-bond acceptors (Lipinski definition) is 4. The molecule has 1 heterocycles. The smallest absolute Gasteiger partial charge is 0.314 e. The van der Waals surface area contributed by atoms with Gasteiger partial charge in [-0.15, -0.1) is 0 Å². The molecule has 70 valence electrons. The minimum atomic E-state index is -0.327. The molecule has 4 heteroatoms. The summed E-state index contributed by atoms with van der Waals surface area (Å²) in [6.45, 7) is 3.61. The number of hydrogen-bond donors (Lipinski definition) is 0. The monoisotopic (exact) mass is 180 g/mol. The normalized spacial score (nSPS) is 12.2. The molecule has 1 unspecified atom stereocenters. The van der Waals surface area contributed by atoms with Crippen LogP contribution in [0, 0.1) is 6.92 Å². The fourth-order valence-electron chi connectivity index (χ4n) is 1.01. The fourth-order valence-corrected chi connectivity index (χ4v) is 1.01. The third kappa shape index (κ3) is 2.24. The van der Waals surface area contributed by atoms with Crippen LogP contribution in [0.2, 0.25) is 0 Å². The molecular weight excluding hydrogens is 168 g/mol. The molecule has 0 aromatic carbocycles. The molecule has 0 saturated heterocycles. The predicted molar refractivity (Wildman–Crippen MR) is 47.2 cm³/mol. The maximum atomic E-state index is 11.1. The van der Waals surface area contributed by atoms with Crippen molar-refractivity contribution in [1.29, 1.82) is 0 Å². The highest BCUT2D eigenvalue weighted by atomic mass is 16.5. The number of esters is 1. The van der Waals surface area contributed by atoms with E-state index >= 15 is 0 Å². The maximum Gasteiger partial charge on any atom is 0.314 e. The molecule has 1 aromatic heterocycles. The number of methoxy groups -OCH3 is 1. The molecule has 0 aliphatic rings. The molecule has 0 saturated carbocycles. The largest absolute Gasteiger partial charge is 0.469 e. The average Bonchev–Trinajstić information content (AvgIpc) is 2.15. The second-order valence-corrected chi connectivity index (χ2v) is 2.83. The molecule has 1 aromatic rings. The summed E-state index contributed by atoms with van der Waals surface area (Å²) in [6.07, 6.45) is 1.45. The minimum absolute atomic E-state index is 0.280. The second-order valence-electron chi connectivity index (χ2n) is 2.83. The van der Waals surface area contributed by atoms with Gasteiger partial charge in [-0.3, -0.25) is 4.79 Å². The summed E-state index contributed by atoms with van der Waals surface area (Å²) in [5.41, 5.74) is 1.54. The van der Waals surface area contributed by atoms with Gasteiger partial charge >= 0.3 is 5.97 Å². The Morgan fingerprint density at radius 1 is 1.54 bits per heavy atom. The molecule has 0 bridgehead atoms. The lowest BCUT2D eigenvalue weighted by molar-refractivity contribution is -0.142. The Bertz CT molecular complexity index is 312. The predicted octanol–water partition coefficient (Wildman–Crippen LogP) is 1.06. The van der Waals surface area contributed by atoms with Crippen LogP contribution >= 0.6 is 0 Å². The van der Waals surface area contributed by atoms with E-state index in [1.807, 2.05) is 6.92 Å². The Kier molecular flexibility index (Phi) is 2.95. The zero-order valence-corrected chi connectivity index (χ0v) is 7.94. The van der Waals surface area contributed by atoms with E-state index in [9.17, 15) is 4.79 Å². The molecule has 0 aliphatic heterocycles. The van der Waals surface area contributed by atoms with Crippen LogP contribution in [-0.4, -0.2) is 23.0 Å².